The molecular weight excluding hydrogens is 288 g/mol. The highest BCUT2D eigenvalue weighted by Gasteiger charge is 2.45. The average Bonchev–Trinajstić information content (AvgIpc) is 3.05. The predicted molar refractivity (Wildman–Crippen MR) is 89.8 cm³/mol. The minimum atomic E-state index is -0.397. The lowest BCUT2D eigenvalue weighted by Crippen LogP contribution is -2.51. The summed E-state index contributed by atoms with van der Waals surface area (Å²) >= 11 is 0. The van der Waals surface area contributed by atoms with E-state index < -0.39 is 5.41 Å². The molecule has 2 amide bonds. The summed E-state index contributed by atoms with van der Waals surface area (Å²) in [6, 6.07) is 8.35. The first-order valence-corrected chi connectivity index (χ1v) is 8.69. The topological polar surface area (TPSA) is 63.4 Å². The Morgan fingerprint density at radius 1 is 1.22 bits per heavy atom. The lowest BCUT2D eigenvalue weighted by molar-refractivity contribution is -0.140. The third-order valence-electron chi connectivity index (χ3n) is 5.55. The zero-order chi connectivity index (χ0) is 16.4. The number of nitrogens with zero attached hydrogens (tertiary/aromatic N) is 1. The Morgan fingerprint density at radius 2 is 1.96 bits per heavy atom. The summed E-state index contributed by atoms with van der Waals surface area (Å²) in [7, 11) is 0. The first-order valence-electron chi connectivity index (χ1n) is 8.69. The van der Waals surface area contributed by atoms with Crippen LogP contribution < -0.4 is 5.73 Å². The highest BCUT2D eigenvalue weighted by atomic mass is 16.2. The Kier molecular flexibility index (Phi) is 4.42. The van der Waals surface area contributed by atoms with Crippen molar-refractivity contribution in [3.8, 4) is 0 Å². The van der Waals surface area contributed by atoms with Gasteiger partial charge in [0.15, 0.2) is 0 Å². The fraction of sp³-hybridized carbons (Fsp3) is 0.579. The lowest BCUT2D eigenvalue weighted by atomic mass is 9.76. The van der Waals surface area contributed by atoms with Gasteiger partial charge in [0.05, 0.1) is 11.3 Å². The van der Waals surface area contributed by atoms with Crippen molar-refractivity contribution in [2.24, 2.45) is 11.7 Å². The van der Waals surface area contributed by atoms with Gasteiger partial charge in [-0.1, -0.05) is 42.7 Å². The number of aryl methyl sites for hydroxylation is 1. The molecule has 0 unspecified atom stereocenters. The minimum Gasteiger partial charge on any atom is -0.369 e. The molecule has 4 nitrogen and oxygen atoms in total. The van der Waals surface area contributed by atoms with E-state index >= 15 is 0 Å². The molecule has 1 heterocycles. The van der Waals surface area contributed by atoms with Crippen molar-refractivity contribution in [3.63, 3.8) is 0 Å². The lowest BCUT2D eigenvalue weighted by Gasteiger charge is -2.38. The van der Waals surface area contributed by atoms with Gasteiger partial charge in [-0.15, -0.1) is 0 Å². The quantitative estimate of drug-likeness (QED) is 0.932. The van der Waals surface area contributed by atoms with Crippen LogP contribution in [0.25, 0.3) is 0 Å². The third-order valence-corrected chi connectivity index (χ3v) is 5.55. The van der Waals surface area contributed by atoms with Crippen LogP contribution in [0.15, 0.2) is 24.3 Å². The Balaban J connectivity index is 1.89. The number of likely N-dealkylation sites (tertiary alicyclic amines) is 1. The van der Waals surface area contributed by atoms with Gasteiger partial charge in [0.25, 0.3) is 0 Å². The number of benzene rings is 1. The number of rotatable bonds is 3. The van der Waals surface area contributed by atoms with E-state index in [0.717, 1.165) is 50.6 Å². The monoisotopic (exact) mass is 314 g/mol. The van der Waals surface area contributed by atoms with Crippen LogP contribution >= 0.6 is 0 Å². The maximum absolute atomic E-state index is 13.4. The Bertz CT molecular complexity index is 605. The number of primary amides is 1. The Labute approximate surface area is 138 Å². The molecule has 4 heteroatoms. The molecule has 1 saturated heterocycles. The van der Waals surface area contributed by atoms with E-state index in [-0.39, 0.29) is 17.7 Å². The zero-order valence-electron chi connectivity index (χ0n) is 13.9. The summed E-state index contributed by atoms with van der Waals surface area (Å²) in [5, 5.41) is 0. The van der Waals surface area contributed by atoms with Crippen LogP contribution in [-0.2, 0) is 15.0 Å². The molecule has 0 spiro atoms. The van der Waals surface area contributed by atoms with Crippen molar-refractivity contribution >= 4 is 11.8 Å². The summed E-state index contributed by atoms with van der Waals surface area (Å²) in [5.41, 5.74) is 7.40. The van der Waals surface area contributed by atoms with Crippen molar-refractivity contribution < 1.29 is 9.59 Å². The normalized spacial score (nSPS) is 23.7. The summed E-state index contributed by atoms with van der Waals surface area (Å²) in [5.74, 6) is -0.270. The summed E-state index contributed by atoms with van der Waals surface area (Å²) < 4.78 is 0. The zero-order valence-corrected chi connectivity index (χ0v) is 13.9. The molecule has 0 radical (unpaired) electrons. The van der Waals surface area contributed by atoms with Gasteiger partial charge in [-0.25, -0.2) is 0 Å². The molecule has 23 heavy (non-hydrogen) atoms. The molecule has 1 saturated carbocycles. The van der Waals surface area contributed by atoms with E-state index in [4.69, 9.17) is 5.73 Å². The van der Waals surface area contributed by atoms with E-state index in [1.165, 1.54) is 5.56 Å². The molecule has 1 atom stereocenters. The van der Waals surface area contributed by atoms with Crippen LogP contribution in [0.3, 0.4) is 0 Å². The smallest absolute Gasteiger partial charge is 0.233 e. The van der Waals surface area contributed by atoms with Crippen LogP contribution in [0, 0.1) is 12.8 Å². The van der Waals surface area contributed by atoms with Gasteiger partial charge in [0.1, 0.15) is 0 Å². The maximum atomic E-state index is 13.4. The molecule has 1 aromatic rings. The van der Waals surface area contributed by atoms with Crippen LogP contribution in [0.5, 0.6) is 0 Å². The van der Waals surface area contributed by atoms with Crippen molar-refractivity contribution in [1.82, 2.24) is 4.90 Å². The second kappa shape index (κ2) is 6.34. The fourth-order valence-electron chi connectivity index (χ4n) is 4.24. The number of amides is 2. The Hall–Kier alpha value is -1.84. The average molecular weight is 314 g/mol. The first-order chi connectivity index (χ1) is 11.0. The SMILES string of the molecule is Cc1cccc(C2(C(=O)N3CCC[C@@H](C(N)=O)C3)CCCC2)c1. The third kappa shape index (κ3) is 2.99. The number of piperidine rings is 1. The van der Waals surface area contributed by atoms with Gasteiger partial charge in [0, 0.05) is 13.1 Å². The van der Waals surface area contributed by atoms with E-state index in [1.807, 2.05) is 11.0 Å². The van der Waals surface area contributed by atoms with E-state index in [1.54, 1.807) is 0 Å². The van der Waals surface area contributed by atoms with Gasteiger partial charge in [0.2, 0.25) is 11.8 Å². The van der Waals surface area contributed by atoms with E-state index in [0.29, 0.717) is 6.54 Å². The summed E-state index contributed by atoms with van der Waals surface area (Å²) in [4.78, 5) is 26.8. The molecule has 124 valence electrons. The molecule has 1 aliphatic heterocycles. The maximum Gasteiger partial charge on any atom is 0.233 e. The molecule has 0 aromatic heterocycles. The van der Waals surface area contributed by atoms with Crippen molar-refractivity contribution in [3.05, 3.63) is 35.4 Å². The van der Waals surface area contributed by atoms with Crippen molar-refractivity contribution in [1.29, 1.82) is 0 Å². The van der Waals surface area contributed by atoms with Gasteiger partial charge in [-0.05, 0) is 38.2 Å². The van der Waals surface area contributed by atoms with Gasteiger partial charge in [-0.3, -0.25) is 9.59 Å². The number of carbonyl (C=O) groups is 2. The van der Waals surface area contributed by atoms with Crippen LogP contribution in [0.4, 0.5) is 0 Å². The molecule has 2 aliphatic rings. The fourth-order valence-corrected chi connectivity index (χ4v) is 4.24. The molecule has 1 aromatic carbocycles. The van der Waals surface area contributed by atoms with Gasteiger partial charge < -0.3 is 10.6 Å². The van der Waals surface area contributed by atoms with Crippen LogP contribution in [0.2, 0.25) is 0 Å². The molecule has 2 fully saturated rings. The standard InChI is InChI=1S/C19H26N2O2/c1-14-6-4-8-16(12-14)19(9-2-3-10-19)18(23)21-11-5-7-15(13-21)17(20)22/h4,6,8,12,15H,2-3,5,7,9-11,13H2,1H3,(H2,20,22)/t15-/m1/s1. The largest absolute Gasteiger partial charge is 0.369 e. The molecule has 1 aliphatic carbocycles. The number of hydrogen-bond acceptors (Lipinski definition) is 2. The van der Waals surface area contributed by atoms with Crippen molar-refractivity contribution in [2.45, 2.75) is 50.9 Å². The molecule has 2 N–H and O–H groups in total. The van der Waals surface area contributed by atoms with Crippen LogP contribution in [-0.4, -0.2) is 29.8 Å². The predicted octanol–water partition coefficient (Wildman–Crippen LogP) is 2.53. The van der Waals surface area contributed by atoms with Gasteiger partial charge >= 0.3 is 0 Å². The number of carbonyl (C=O) groups excluding carboxylic acids is 2. The Morgan fingerprint density at radius 3 is 2.61 bits per heavy atom. The number of hydrogen-bond donors (Lipinski definition) is 1. The molecule has 3 rings (SSSR count). The molecule has 0 bridgehead atoms. The second-order valence-corrected chi connectivity index (χ2v) is 7.15. The minimum absolute atomic E-state index is 0.191. The van der Waals surface area contributed by atoms with Crippen molar-refractivity contribution in [2.75, 3.05) is 13.1 Å². The highest BCUT2D eigenvalue weighted by Crippen LogP contribution is 2.43. The van der Waals surface area contributed by atoms with E-state index in [9.17, 15) is 9.59 Å². The van der Waals surface area contributed by atoms with Gasteiger partial charge in [-0.2, -0.15) is 0 Å². The van der Waals surface area contributed by atoms with Crippen LogP contribution in [0.1, 0.15) is 49.7 Å². The van der Waals surface area contributed by atoms with E-state index in [2.05, 4.69) is 25.1 Å². The summed E-state index contributed by atoms with van der Waals surface area (Å²) in [6.07, 6.45) is 5.67. The molecular formula is C19H26N2O2. The summed E-state index contributed by atoms with van der Waals surface area (Å²) in [6.45, 7) is 3.30. The second-order valence-electron chi connectivity index (χ2n) is 7.15. The first kappa shape index (κ1) is 16.0. The number of nitrogens with two attached hydrogens (primary N) is 1. The highest BCUT2D eigenvalue weighted by molar-refractivity contribution is 5.89.